The summed E-state index contributed by atoms with van der Waals surface area (Å²) >= 11 is 0. The van der Waals surface area contributed by atoms with E-state index in [1.54, 1.807) is 0 Å². The molecule has 76 valence electrons. The van der Waals surface area contributed by atoms with Crippen LogP contribution in [0.15, 0.2) is 36.4 Å². The molecule has 0 bridgehead atoms. The fraction of sp³-hybridized carbons (Fsp3) is 0.308. The number of nitrogens with zero attached hydrogens (tertiary/aromatic N) is 1. The summed E-state index contributed by atoms with van der Waals surface area (Å²) < 4.78 is 5.47. The first kappa shape index (κ1) is 9.95. The van der Waals surface area contributed by atoms with Crippen molar-refractivity contribution in [3.63, 3.8) is 0 Å². The summed E-state index contributed by atoms with van der Waals surface area (Å²) in [5, 5.41) is 8.87. The molecular formula is C13H13NO. The zero-order valence-corrected chi connectivity index (χ0v) is 8.47. The molecule has 1 fully saturated rings. The number of hydrogen-bond acceptors (Lipinski definition) is 2. The Labute approximate surface area is 89.8 Å². The van der Waals surface area contributed by atoms with Crippen molar-refractivity contribution < 1.29 is 4.74 Å². The minimum atomic E-state index is -0.0322. The molecule has 2 heteroatoms. The summed E-state index contributed by atoms with van der Waals surface area (Å²) in [4.78, 5) is 0. The lowest BCUT2D eigenvalue weighted by Crippen LogP contribution is -2.10. The molecule has 0 unspecified atom stereocenters. The van der Waals surface area contributed by atoms with Crippen LogP contribution in [0, 0.1) is 17.2 Å². The quantitative estimate of drug-likeness (QED) is 0.733. The van der Waals surface area contributed by atoms with Crippen molar-refractivity contribution in [1.29, 1.82) is 5.26 Å². The van der Waals surface area contributed by atoms with Gasteiger partial charge in [0, 0.05) is 6.61 Å². The molecule has 2 atom stereocenters. The van der Waals surface area contributed by atoms with Crippen LogP contribution in [0.5, 0.6) is 0 Å². The number of hydrogen-bond donors (Lipinski definition) is 0. The van der Waals surface area contributed by atoms with Gasteiger partial charge in [-0.25, -0.2) is 0 Å². The number of rotatable bonds is 2. The van der Waals surface area contributed by atoms with E-state index in [-0.39, 0.29) is 12.0 Å². The number of ether oxygens (including phenoxy) is 1. The Balaban J connectivity index is 2.03. The molecule has 1 aromatic rings. The largest absolute Gasteiger partial charge is 0.373 e. The third kappa shape index (κ3) is 2.45. The van der Waals surface area contributed by atoms with Crippen molar-refractivity contribution in [3.8, 4) is 6.07 Å². The van der Waals surface area contributed by atoms with E-state index in [0.29, 0.717) is 6.61 Å². The van der Waals surface area contributed by atoms with Crippen molar-refractivity contribution in [1.82, 2.24) is 0 Å². The average molecular weight is 199 g/mol. The fourth-order valence-electron chi connectivity index (χ4n) is 1.71. The van der Waals surface area contributed by atoms with Gasteiger partial charge in [0.05, 0.1) is 18.1 Å². The predicted octanol–water partition coefficient (Wildman–Crippen LogP) is 2.63. The smallest absolute Gasteiger partial charge is 0.0918 e. The van der Waals surface area contributed by atoms with Gasteiger partial charge in [0.25, 0.3) is 0 Å². The van der Waals surface area contributed by atoms with Gasteiger partial charge >= 0.3 is 0 Å². The monoisotopic (exact) mass is 199 g/mol. The zero-order chi connectivity index (χ0) is 10.5. The predicted molar refractivity (Wildman–Crippen MR) is 58.9 cm³/mol. The maximum absolute atomic E-state index is 8.87. The first-order chi connectivity index (χ1) is 7.40. The van der Waals surface area contributed by atoms with Gasteiger partial charge in [-0.05, 0) is 12.0 Å². The Morgan fingerprint density at radius 2 is 2.13 bits per heavy atom. The fourth-order valence-corrected chi connectivity index (χ4v) is 1.71. The van der Waals surface area contributed by atoms with Crippen molar-refractivity contribution in [2.24, 2.45) is 5.92 Å². The van der Waals surface area contributed by atoms with Gasteiger partial charge < -0.3 is 4.74 Å². The average Bonchev–Trinajstić information content (AvgIpc) is 2.75. The molecule has 0 aliphatic carbocycles. The van der Waals surface area contributed by atoms with Crippen LogP contribution in [0.2, 0.25) is 0 Å². The minimum Gasteiger partial charge on any atom is -0.373 e. The Bertz CT molecular complexity index is 377. The summed E-state index contributed by atoms with van der Waals surface area (Å²) in [5.41, 5.74) is 1.14. The third-order valence-corrected chi connectivity index (χ3v) is 2.58. The highest BCUT2D eigenvalue weighted by atomic mass is 16.5. The first-order valence-electron chi connectivity index (χ1n) is 5.14. The van der Waals surface area contributed by atoms with Crippen LogP contribution in [0.4, 0.5) is 0 Å². The van der Waals surface area contributed by atoms with Crippen LogP contribution in [0.1, 0.15) is 12.0 Å². The standard InChI is InChI=1S/C13H13NO/c14-10-12-8-9-15-13(12)7-6-11-4-2-1-3-5-11/h1-7,12-13H,8-9H2/b7-6+/t12-,13-/m0/s1. The minimum absolute atomic E-state index is 0.0185. The van der Waals surface area contributed by atoms with E-state index >= 15 is 0 Å². The molecule has 0 radical (unpaired) electrons. The molecule has 0 amide bonds. The van der Waals surface area contributed by atoms with Gasteiger partial charge in [-0.3, -0.25) is 0 Å². The molecule has 0 aromatic heterocycles. The Morgan fingerprint density at radius 1 is 1.33 bits per heavy atom. The van der Waals surface area contributed by atoms with Crippen LogP contribution in [-0.2, 0) is 4.74 Å². The lowest BCUT2D eigenvalue weighted by molar-refractivity contribution is 0.137. The number of nitriles is 1. The van der Waals surface area contributed by atoms with Gasteiger partial charge in [-0.2, -0.15) is 5.26 Å². The zero-order valence-electron chi connectivity index (χ0n) is 8.47. The molecule has 1 aliphatic rings. The summed E-state index contributed by atoms with van der Waals surface area (Å²) in [7, 11) is 0. The Kier molecular flexibility index (Phi) is 3.16. The van der Waals surface area contributed by atoms with E-state index in [1.807, 2.05) is 42.5 Å². The molecule has 0 spiro atoms. The van der Waals surface area contributed by atoms with Crippen molar-refractivity contribution >= 4 is 6.08 Å². The van der Waals surface area contributed by atoms with Crippen LogP contribution >= 0.6 is 0 Å². The molecule has 2 rings (SSSR count). The molecule has 2 nitrogen and oxygen atoms in total. The summed E-state index contributed by atoms with van der Waals surface area (Å²) in [6.07, 6.45) is 4.81. The van der Waals surface area contributed by atoms with Crippen LogP contribution in [0.3, 0.4) is 0 Å². The molecule has 1 saturated heterocycles. The normalized spacial score (nSPS) is 25.5. The lowest BCUT2D eigenvalue weighted by atomic mass is 10.0. The molecule has 0 saturated carbocycles. The van der Waals surface area contributed by atoms with Gasteiger partial charge in [-0.1, -0.05) is 42.5 Å². The van der Waals surface area contributed by atoms with Gasteiger partial charge in [-0.15, -0.1) is 0 Å². The second kappa shape index (κ2) is 4.77. The van der Waals surface area contributed by atoms with E-state index < -0.39 is 0 Å². The van der Waals surface area contributed by atoms with E-state index in [4.69, 9.17) is 10.00 Å². The summed E-state index contributed by atoms with van der Waals surface area (Å²) in [6.45, 7) is 0.696. The molecule has 15 heavy (non-hydrogen) atoms. The lowest BCUT2D eigenvalue weighted by Gasteiger charge is -2.06. The number of benzene rings is 1. The molecule has 1 aromatic carbocycles. The maximum atomic E-state index is 8.87. The van der Waals surface area contributed by atoms with Crippen LogP contribution < -0.4 is 0 Å². The first-order valence-corrected chi connectivity index (χ1v) is 5.14. The van der Waals surface area contributed by atoms with Crippen molar-refractivity contribution in [2.45, 2.75) is 12.5 Å². The van der Waals surface area contributed by atoms with Crippen molar-refractivity contribution in [3.05, 3.63) is 42.0 Å². The Morgan fingerprint density at radius 3 is 2.87 bits per heavy atom. The van der Waals surface area contributed by atoms with E-state index in [2.05, 4.69) is 6.07 Å². The summed E-state index contributed by atoms with van der Waals surface area (Å²) in [5.74, 6) is 0.0185. The van der Waals surface area contributed by atoms with Gasteiger partial charge in [0.15, 0.2) is 0 Å². The second-order valence-electron chi connectivity index (χ2n) is 3.63. The SMILES string of the molecule is N#C[C@@H]1CCO[C@H]1/C=C/c1ccccc1. The summed E-state index contributed by atoms with van der Waals surface area (Å²) in [6, 6.07) is 12.3. The van der Waals surface area contributed by atoms with Gasteiger partial charge in [0.2, 0.25) is 0 Å². The maximum Gasteiger partial charge on any atom is 0.0918 e. The third-order valence-electron chi connectivity index (χ3n) is 2.58. The second-order valence-corrected chi connectivity index (χ2v) is 3.63. The van der Waals surface area contributed by atoms with E-state index in [1.165, 1.54) is 0 Å². The van der Waals surface area contributed by atoms with Crippen LogP contribution in [-0.4, -0.2) is 12.7 Å². The topological polar surface area (TPSA) is 33.0 Å². The molecule has 1 aliphatic heterocycles. The molecule has 1 heterocycles. The van der Waals surface area contributed by atoms with Crippen LogP contribution in [0.25, 0.3) is 6.08 Å². The Hall–Kier alpha value is -1.59. The van der Waals surface area contributed by atoms with Crippen molar-refractivity contribution in [2.75, 3.05) is 6.61 Å². The highest BCUT2D eigenvalue weighted by molar-refractivity contribution is 5.49. The van der Waals surface area contributed by atoms with Gasteiger partial charge in [0.1, 0.15) is 0 Å². The highest BCUT2D eigenvalue weighted by Gasteiger charge is 2.25. The van der Waals surface area contributed by atoms with E-state index in [0.717, 1.165) is 12.0 Å². The molecular weight excluding hydrogens is 186 g/mol. The van der Waals surface area contributed by atoms with E-state index in [9.17, 15) is 0 Å². The molecule has 0 N–H and O–H groups in total. The highest BCUT2D eigenvalue weighted by Crippen LogP contribution is 2.21.